The Balaban J connectivity index is 2.10. The van der Waals surface area contributed by atoms with Crippen molar-refractivity contribution in [1.29, 1.82) is 0 Å². The Hall–Kier alpha value is -0.860. The average molecular weight is 289 g/mol. The molecule has 0 amide bonds. The molecule has 1 saturated heterocycles. The standard InChI is InChI=1S/C19H31NO/c1-5-10-20-18(9-8-17-7-6-11-21-17)19-15(3)12-14(2)13-16(19)4/h12-13,17-18,20H,5-11H2,1-4H3. The summed E-state index contributed by atoms with van der Waals surface area (Å²) in [4.78, 5) is 0. The number of benzene rings is 1. The van der Waals surface area contributed by atoms with Gasteiger partial charge in [0.05, 0.1) is 6.10 Å². The van der Waals surface area contributed by atoms with Crippen molar-refractivity contribution in [3.63, 3.8) is 0 Å². The maximum atomic E-state index is 5.80. The van der Waals surface area contributed by atoms with Crippen molar-refractivity contribution in [3.05, 3.63) is 34.4 Å². The maximum absolute atomic E-state index is 5.80. The van der Waals surface area contributed by atoms with Crippen molar-refractivity contribution in [2.75, 3.05) is 13.2 Å². The van der Waals surface area contributed by atoms with Crippen LogP contribution in [0.4, 0.5) is 0 Å². The largest absolute Gasteiger partial charge is 0.378 e. The summed E-state index contributed by atoms with van der Waals surface area (Å²) in [7, 11) is 0. The molecule has 0 spiro atoms. The van der Waals surface area contributed by atoms with Crippen LogP contribution < -0.4 is 5.32 Å². The van der Waals surface area contributed by atoms with E-state index in [1.807, 2.05) is 0 Å². The van der Waals surface area contributed by atoms with Gasteiger partial charge in [-0.05, 0) is 76.1 Å². The third kappa shape index (κ3) is 4.55. The number of ether oxygens (including phenoxy) is 1. The van der Waals surface area contributed by atoms with Gasteiger partial charge in [0.1, 0.15) is 0 Å². The lowest BCUT2D eigenvalue weighted by atomic mass is 9.90. The highest BCUT2D eigenvalue weighted by molar-refractivity contribution is 5.39. The second kappa shape index (κ2) is 7.95. The topological polar surface area (TPSA) is 21.3 Å². The van der Waals surface area contributed by atoms with Gasteiger partial charge in [-0.25, -0.2) is 0 Å². The minimum absolute atomic E-state index is 0.467. The predicted molar refractivity (Wildman–Crippen MR) is 89.9 cm³/mol. The van der Waals surface area contributed by atoms with Crippen LogP contribution in [0.15, 0.2) is 12.1 Å². The van der Waals surface area contributed by atoms with Gasteiger partial charge in [0, 0.05) is 12.6 Å². The van der Waals surface area contributed by atoms with Crippen molar-refractivity contribution in [2.45, 2.75) is 71.9 Å². The summed E-state index contributed by atoms with van der Waals surface area (Å²) >= 11 is 0. The lowest BCUT2D eigenvalue weighted by Crippen LogP contribution is -2.25. The molecule has 118 valence electrons. The zero-order chi connectivity index (χ0) is 15.2. The second-order valence-corrected chi connectivity index (χ2v) is 6.53. The van der Waals surface area contributed by atoms with Crippen molar-refractivity contribution in [3.8, 4) is 0 Å². The van der Waals surface area contributed by atoms with Gasteiger partial charge in [0.15, 0.2) is 0 Å². The van der Waals surface area contributed by atoms with E-state index < -0.39 is 0 Å². The smallest absolute Gasteiger partial charge is 0.0576 e. The fraction of sp³-hybridized carbons (Fsp3) is 0.684. The van der Waals surface area contributed by atoms with Gasteiger partial charge in [-0.15, -0.1) is 0 Å². The molecule has 2 atom stereocenters. The minimum atomic E-state index is 0.467. The Morgan fingerprint density at radius 2 is 1.95 bits per heavy atom. The molecule has 0 aromatic heterocycles. The molecule has 1 N–H and O–H groups in total. The lowest BCUT2D eigenvalue weighted by Gasteiger charge is -2.24. The van der Waals surface area contributed by atoms with Gasteiger partial charge in [-0.2, -0.15) is 0 Å². The normalized spacial score (nSPS) is 19.9. The maximum Gasteiger partial charge on any atom is 0.0576 e. The summed E-state index contributed by atoms with van der Waals surface area (Å²) in [5.74, 6) is 0. The Labute approximate surface area is 130 Å². The molecule has 0 radical (unpaired) electrons. The van der Waals surface area contributed by atoms with Crippen LogP contribution in [0.5, 0.6) is 0 Å². The van der Waals surface area contributed by atoms with Crippen LogP contribution in [0.2, 0.25) is 0 Å². The Morgan fingerprint density at radius 3 is 2.52 bits per heavy atom. The third-order valence-corrected chi connectivity index (χ3v) is 4.53. The van der Waals surface area contributed by atoms with E-state index >= 15 is 0 Å². The van der Waals surface area contributed by atoms with Crippen molar-refractivity contribution < 1.29 is 4.74 Å². The molecule has 2 heteroatoms. The highest BCUT2D eigenvalue weighted by Crippen LogP contribution is 2.29. The molecule has 0 aliphatic carbocycles. The molecule has 0 saturated carbocycles. The number of hydrogen-bond donors (Lipinski definition) is 1. The van der Waals surface area contributed by atoms with Crippen molar-refractivity contribution in [2.24, 2.45) is 0 Å². The van der Waals surface area contributed by atoms with Gasteiger partial charge < -0.3 is 10.1 Å². The highest BCUT2D eigenvalue weighted by atomic mass is 16.5. The molecule has 21 heavy (non-hydrogen) atoms. The third-order valence-electron chi connectivity index (χ3n) is 4.53. The number of hydrogen-bond acceptors (Lipinski definition) is 2. The van der Waals surface area contributed by atoms with Gasteiger partial charge in [-0.1, -0.05) is 24.6 Å². The summed E-state index contributed by atoms with van der Waals surface area (Å²) in [5.41, 5.74) is 5.72. The van der Waals surface area contributed by atoms with Gasteiger partial charge in [-0.3, -0.25) is 0 Å². The fourth-order valence-corrected chi connectivity index (χ4v) is 3.63. The minimum Gasteiger partial charge on any atom is -0.378 e. The number of rotatable bonds is 7. The van der Waals surface area contributed by atoms with E-state index in [0.29, 0.717) is 12.1 Å². The molecule has 1 aromatic rings. The van der Waals surface area contributed by atoms with Crippen LogP contribution in [0.25, 0.3) is 0 Å². The molecule has 2 unspecified atom stereocenters. The zero-order valence-corrected chi connectivity index (χ0v) is 14.2. The van der Waals surface area contributed by atoms with Crippen LogP contribution in [0.3, 0.4) is 0 Å². The van der Waals surface area contributed by atoms with E-state index in [1.54, 1.807) is 0 Å². The first-order chi connectivity index (χ1) is 10.1. The van der Waals surface area contributed by atoms with Crippen LogP contribution >= 0.6 is 0 Å². The summed E-state index contributed by atoms with van der Waals surface area (Å²) in [5, 5.41) is 3.76. The van der Waals surface area contributed by atoms with Gasteiger partial charge in [0.25, 0.3) is 0 Å². The summed E-state index contributed by atoms with van der Waals surface area (Å²) in [6, 6.07) is 5.10. The molecule has 1 aliphatic heterocycles. The zero-order valence-electron chi connectivity index (χ0n) is 14.2. The molecular weight excluding hydrogens is 258 g/mol. The number of aryl methyl sites for hydroxylation is 3. The monoisotopic (exact) mass is 289 g/mol. The number of nitrogens with one attached hydrogen (secondary N) is 1. The Kier molecular flexibility index (Phi) is 6.25. The van der Waals surface area contributed by atoms with E-state index in [2.05, 4.69) is 45.1 Å². The summed E-state index contributed by atoms with van der Waals surface area (Å²) in [6.07, 6.45) is 6.50. The molecule has 1 heterocycles. The summed E-state index contributed by atoms with van der Waals surface area (Å²) in [6.45, 7) is 11.0. The first-order valence-electron chi connectivity index (χ1n) is 8.54. The van der Waals surface area contributed by atoms with Crippen LogP contribution in [-0.2, 0) is 4.74 Å². The molecule has 1 fully saturated rings. The van der Waals surface area contributed by atoms with E-state index in [9.17, 15) is 0 Å². The van der Waals surface area contributed by atoms with E-state index in [4.69, 9.17) is 4.74 Å². The fourth-order valence-electron chi connectivity index (χ4n) is 3.63. The van der Waals surface area contributed by atoms with Gasteiger partial charge >= 0.3 is 0 Å². The van der Waals surface area contributed by atoms with Crippen molar-refractivity contribution >= 4 is 0 Å². The SMILES string of the molecule is CCCNC(CCC1CCCO1)c1c(C)cc(C)cc1C. The average Bonchev–Trinajstić information content (AvgIpc) is 2.93. The molecule has 2 nitrogen and oxygen atoms in total. The summed E-state index contributed by atoms with van der Waals surface area (Å²) < 4.78 is 5.80. The quantitative estimate of drug-likeness (QED) is 0.791. The Bertz CT molecular complexity index is 426. The van der Waals surface area contributed by atoms with Crippen LogP contribution in [-0.4, -0.2) is 19.3 Å². The van der Waals surface area contributed by atoms with E-state index in [1.165, 1.54) is 54.4 Å². The molecular formula is C19H31NO. The molecule has 1 aliphatic rings. The van der Waals surface area contributed by atoms with E-state index in [-0.39, 0.29) is 0 Å². The Morgan fingerprint density at radius 1 is 1.24 bits per heavy atom. The van der Waals surface area contributed by atoms with E-state index in [0.717, 1.165) is 13.2 Å². The second-order valence-electron chi connectivity index (χ2n) is 6.53. The van der Waals surface area contributed by atoms with Crippen LogP contribution in [0, 0.1) is 20.8 Å². The van der Waals surface area contributed by atoms with Crippen molar-refractivity contribution in [1.82, 2.24) is 5.32 Å². The lowest BCUT2D eigenvalue weighted by molar-refractivity contribution is 0.0995. The molecule has 1 aromatic carbocycles. The van der Waals surface area contributed by atoms with Crippen LogP contribution in [0.1, 0.15) is 67.3 Å². The predicted octanol–water partition coefficient (Wildman–Crippen LogP) is 4.61. The molecule has 2 rings (SSSR count). The molecule has 0 bridgehead atoms. The van der Waals surface area contributed by atoms with Gasteiger partial charge in [0.2, 0.25) is 0 Å². The highest BCUT2D eigenvalue weighted by Gasteiger charge is 2.20. The first-order valence-corrected chi connectivity index (χ1v) is 8.54. The first kappa shape index (κ1) is 16.5.